The van der Waals surface area contributed by atoms with Gasteiger partial charge in [0.2, 0.25) is 23.1 Å². The first-order chi connectivity index (χ1) is 9.21. The smallest absolute Gasteiger partial charge is 0.229 e. The average molecular weight is 283 g/mol. The predicted octanol–water partition coefficient (Wildman–Crippen LogP) is 2.12. The summed E-state index contributed by atoms with van der Waals surface area (Å²) >= 11 is 5.81. The number of hydrogen-bond donors (Lipinski definition) is 2. The minimum Gasteiger partial charge on any atom is -0.444 e. The molecule has 0 unspecified atom stereocenters. The van der Waals surface area contributed by atoms with Crippen LogP contribution in [0.3, 0.4) is 0 Å². The van der Waals surface area contributed by atoms with Crippen molar-refractivity contribution in [3.63, 3.8) is 0 Å². The van der Waals surface area contributed by atoms with Gasteiger partial charge in [-0.2, -0.15) is 15.0 Å². The molecule has 8 heteroatoms. The maximum absolute atomic E-state index is 5.81. The van der Waals surface area contributed by atoms with Crippen LogP contribution in [-0.2, 0) is 13.0 Å². The minimum atomic E-state index is 0.134. The quantitative estimate of drug-likeness (QED) is 0.839. The van der Waals surface area contributed by atoms with Crippen molar-refractivity contribution in [2.45, 2.75) is 26.8 Å². The number of nitrogens with one attached hydrogen (secondary N) is 2. The third kappa shape index (κ3) is 3.78. The number of nitrogens with zero attached hydrogens (tertiary/aromatic N) is 4. The molecule has 0 radical (unpaired) electrons. The van der Waals surface area contributed by atoms with Gasteiger partial charge in [0.1, 0.15) is 5.76 Å². The summed E-state index contributed by atoms with van der Waals surface area (Å²) in [5.74, 6) is 2.25. The zero-order valence-electron chi connectivity index (χ0n) is 10.8. The molecule has 0 saturated heterocycles. The predicted molar refractivity (Wildman–Crippen MR) is 72.2 cm³/mol. The van der Waals surface area contributed by atoms with Crippen LogP contribution in [-0.4, -0.2) is 26.5 Å². The molecule has 7 nitrogen and oxygen atoms in total. The van der Waals surface area contributed by atoms with Crippen molar-refractivity contribution < 1.29 is 4.42 Å². The van der Waals surface area contributed by atoms with E-state index in [1.165, 1.54) is 0 Å². The molecule has 0 aromatic carbocycles. The number of rotatable bonds is 6. The molecular weight excluding hydrogens is 268 g/mol. The highest BCUT2D eigenvalue weighted by atomic mass is 35.5. The SMILES string of the molecule is CCNc1nc(Cl)nc(NCc2ncc(CC)o2)n1. The molecular formula is C11H15ClN6O. The van der Waals surface area contributed by atoms with Crippen molar-refractivity contribution in [2.24, 2.45) is 0 Å². The van der Waals surface area contributed by atoms with Gasteiger partial charge in [0.05, 0.1) is 12.7 Å². The van der Waals surface area contributed by atoms with Crippen LogP contribution < -0.4 is 10.6 Å². The van der Waals surface area contributed by atoms with Crippen LogP contribution in [0, 0.1) is 0 Å². The lowest BCUT2D eigenvalue weighted by molar-refractivity contribution is 0.465. The maximum atomic E-state index is 5.81. The van der Waals surface area contributed by atoms with Crippen LogP contribution >= 0.6 is 11.6 Å². The van der Waals surface area contributed by atoms with Gasteiger partial charge >= 0.3 is 0 Å². The van der Waals surface area contributed by atoms with E-state index in [0.717, 1.165) is 12.2 Å². The lowest BCUT2D eigenvalue weighted by atomic mass is 10.4. The highest BCUT2D eigenvalue weighted by molar-refractivity contribution is 6.28. The molecule has 19 heavy (non-hydrogen) atoms. The first kappa shape index (κ1) is 13.5. The van der Waals surface area contributed by atoms with Gasteiger partial charge in [-0.15, -0.1) is 0 Å². The monoisotopic (exact) mass is 282 g/mol. The number of oxazole rings is 1. The Labute approximate surface area is 115 Å². The second-order valence-electron chi connectivity index (χ2n) is 3.71. The minimum absolute atomic E-state index is 0.134. The average Bonchev–Trinajstić information content (AvgIpc) is 2.84. The Hall–Kier alpha value is -1.89. The second kappa shape index (κ2) is 6.33. The molecule has 0 aliphatic rings. The molecule has 102 valence electrons. The Kier molecular flexibility index (Phi) is 4.51. The normalized spacial score (nSPS) is 10.5. The molecule has 2 rings (SSSR count). The van der Waals surface area contributed by atoms with Crippen molar-refractivity contribution in [3.05, 3.63) is 23.1 Å². The van der Waals surface area contributed by atoms with Crippen LogP contribution in [0.25, 0.3) is 0 Å². The van der Waals surface area contributed by atoms with Gasteiger partial charge in [-0.05, 0) is 18.5 Å². The van der Waals surface area contributed by atoms with E-state index < -0.39 is 0 Å². The van der Waals surface area contributed by atoms with Crippen LogP contribution in [0.15, 0.2) is 10.6 Å². The van der Waals surface area contributed by atoms with Crippen LogP contribution in [0.2, 0.25) is 5.28 Å². The standard InChI is InChI=1S/C11H15ClN6O/c1-3-7-5-14-8(19-7)6-15-11-17-9(12)16-10(18-11)13-4-2/h5H,3-4,6H2,1-2H3,(H2,13,15,16,17,18). The third-order valence-electron chi connectivity index (χ3n) is 2.29. The molecule has 0 aliphatic heterocycles. The van der Waals surface area contributed by atoms with Crippen LogP contribution in [0.5, 0.6) is 0 Å². The van der Waals surface area contributed by atoms with Crippen molar-refractivity contribution in [3.8, 4) is 0 Å². The molecule has 2 aromatic heterocycles. The van der Waals surface area contributed by atoms with E-state index in [0.29, 0.717) is 30.9 Å². The number of aromatic nitrogens is 4. The molecule has 0 amide bonds. The summed E-state index contributed by atoms with van der Waals surface area (Å²) in [7, 11) is 0. The highest BCUT2D eigenvalue weighted by Crippen LogP contribution is 2.11. The van der Waals surface area contributed by atoms with Crippen molar-refractivity contribution in [1.82, 2.24) is 19.9 Å². The summed E-state index contributed by atoms with van der Waals surface area (Å²) in [4.78, 5) is 16.2. The van der Waals surface area contributed by atoms with E-state index in [1.54, 1.807) is 6.20 Å². The van der Waals surface area contributed by atoms with Gasteiger partial charge in [-0.3, -0.25) is 0 Å². The summed E-state index contributed by atoms with van der Waals surface area (Å²) in [6.45, 7) is 5.06. The molecule has 0 spiro atoms. The molecule has 0 bridgehead atoms. The number of aryl methyl sites for hydroxylation is 1. The van der Waals surface area contributed by atoms with E-state index in [4.69, 9.17) is 16.0 Å². The van der Waals surface area contributed by atoms with Gasteiger partial charge in [-0.1, -0.05) is 6.92 Å². The Balaban J connectivity index is 2.02. The molecule has 2 N–H and O–H groups in total. The van der Waals surface area contributed by atoms with Gasteiger partial charge in [-0.25, -0.2) is 4.98 Å². The first-order valence-corrected chi connectivity index (χ1v) is 6.42. The largest absolute Gasteiger partial charge is 0.444 e. The van der Waals surface area contributed by atoms with Crippen molar-refractivity contribution in [1.29, 1.82) is 0 Å². The second-order valence-corrected chi connectivity index (χ2v) is 4.05. The topological polar surface area (TPSA) is 88.8 Å². The van der Waals surface area contributed by atoms with Gasteiger partial charge < -0.3 is 15.1 Å². The Morgan fingerprint density at radius 1 is 1.16 bits per heavy atom. The molecule has 0 saturated carbocycles. The van der Waals surface area contributed by atoms with Crippen LogP contribution in [0.1, 0.15) is 25.5 Å². The van der Waals surface area contributed by atoms with E-state index in [9.17, 15) is 0 Å². The maximum Gasteiger partial charge on any atom is 0.229 e. The van der Waals surface area contributed by atoms with Gasteiger partial charge in [0, 0.05) is 13.0 Å². The van der Waals surface area contributed by atoms with Crippen molar-refractivity contribution in [2.75, 3.05) is 17.2 Å². The molecule has 0 atom stereocenters. The summed E-state index contributed by atoms with van der Waals surface area (Å²) in [6, 6.07) is 0. The summed E-state index contributed by atoms with van der Waals surface area (Å²) < 4.78 is 5.47. The summed E-state index contributed by atoms with van der Waals surface area (Å²) in [6.07, 6.45) is 2.52. The van der Waals surface area contributed by atoms with E-state index in [1.807, 2.05) is 13.8 Å². The third-order valence-corrected chi connectivity index (χ3v) is 2.46. The van der Waals surface area contributed by atoms with Crippen LogP contribution in [0.4, 0.5) is 11.9 Å². The zero-order valence-corrected chi connectivity index (χ0v) is 11.5. The lowest BCUT2D eigenvalue weighted by Crippen LogP contribution is -2.09. The summed E-state index contributed by atoms with van der Waals surface area (Å²) in [5.41, 5.74) is 0. The Morgan fingerprint density at radius 3 is 2.53 bits per heavy atom. The van der Waals surface area contributed by atoms with Gasteiger partial charge in [0.15, 0.2) is 0 Å². The summed E-state index contributed by atoms with van der Waals surface area (Å²) in [5, 5.41) is 6.10. The number of anilines is 2. The van der Waals surface area contributed by atoms with E-state index >= 15 is 0 Å². The molecule has 2 heterocycles. The fourth-order valence-corrected chi connectivity index (χ4v) is 1.57. The molecule has 2 aromatic rings. The van der Waals surface area contributed by atoms with Crippen molar-refractivity contribution >= 4 is 23.5 Å². The zero-order chi connectivity index (χ0) is 13.7. The highest BCUT2D eigenvalue weighted by Gasteiger charge is 2.06. The fraction of sp³-hybridized carbons (Fsp3) is 0.455. The van der Waals surface area contributed by atoms with E-state index in [2.05, 4.69) is 30.6 Å². The Morgan fingerprint density at radius 2 is 1.89 bits per heavy atom. The van der Waals surface area contributed by atoms with E-state index in [-0.39, 0.29) is 5.28 Å². The first-order valence-electron chi connectivity index (χ1n) is 6.04. The van der Waals surface area contributed by atoms with Gasteiger partial charge in [0.25, 0.3) is 0 Å². The Bertz CT molecular complexity index is 544. The molecule has 0 fully saturated rings. The lowest BCUT2D eigenvalue weighted by Gasteiger charge is -2.05. The fourth-order valence-electron chi connectivity index (χ4n) is 1.41. The molecule has 0 aliphatic carbocycles. The number of halogens is 1. The number of hydrogen-bond acceptors (Lipinski definition) is 7.